The molecule has 0 aliphatic carbocycles. The van der Waals surface area contributed by atoms with Crippen molar-refractivity contribution in [3.05, 3.63) is 62.6 Å². The van der Waals surface area contributed by atoms with E-state index in [9.17, 15) is 24.8 Å². The van der Waals surface area contributed by atoms with Gasteiger partial charge >= 0.3 is 5.97 Å². The maximum absolute atomic E-state index is 12.1. The number of esters is 1. The number of nitro groups is 1. The number of hydrogen-bond donors (Lipinski definition) is 2. The zero-order valence-corrected chi connectivity index (χ0v) is 14.5. The molecule has 2 aromatic carbocycles. The molecule has 130 valence electrons. The van der Waals surface area contributed by atoms with Gasteiger partial charge in [0, 0.05) is 10.5 Å². The van der Waals surface area contributed by atoms with E-state index in [1.165, 1.54) is 49.4 Å². The molecule has 0 aliphatic rings. The molecule has 1 amide bonds. The Kier molecular flexibility index (Phi) is 5.71. The van der Waals surface area contributed by atoms with E-state index in [-0.39, 0.29) is 22.7 Å². The molecule has 9 heteroatoms. The highest BCUT2D eigenvalue weighted by molar-refractivity contribution is 9.10. The van der Waals surface area contributed by atoms with Crippen molar-refractivity contribution < 1.29 is 24.4 Å². The lowest BCUT2D eigenvalue weighted by Crippen LogP contribution is -2.30. The summed E-state index contributed by atoms with van der Waals surface area (Å²) in [6, 6.07) is 9.79. The van der Waals surface area contributed by atoms with E-state index in [4.69, 9.17) is 4.74 Å². The van der Waals surface area contributed by atoms with Gasteiger partial charge in [-0.05, 0) is 31.2 Å². The summed E-state index contributed by atoms with van der Waals surface area (Å²) in [6.45, 7) is 1.32. The van der Waals surface area contributed by atoms with Gasteiger partial charge < -0.3 is 15.2 Å². The molecular formula is C16H13BrN2O6. The third-order valence-corrected chi connectivity index (χ3v) is 3.68. The molecule has 0 radical (unpaired) electrons. The van der Waals surface area contributed by atoms with Gasteiger partial charge in [0.05, 0.1) is 4.92 Å². The van der Waals surface area contributed by atoms with Crippen LogP contribution in [-0.4, -0.2) is 28.0 Å². The Balaban J connectivity index is 2.09. The Morgan fingerprint density at radius 3 is 2.64 bits per heavy atom. The van der Waals surface area contributed by atoms with Crippen LogP contribution in [0.1, 0.15) is 17.3 Å². The van der Waals surface area contributed by atoms with Crippen molar-refractivity contribution in [2.75, 3.05) is 5.32 Å². The van der Waals surface area contributed by atoms with Gasteiger partial charge in [0.1, 0.15) is 17.0 Å². The summed E-state index contributed by atoms with van der Waals surface area (Å²) < 4.78 is 5.56. The first-order chi connectivity index (χ1) is 11.8. The summed E-state index contributed by atoms with van der Waals surface area (Å²) in [5.74, 6) is -1.93. The quantitative estimate of drug-likeness (QED) is 0.445. The molecule has 2 rings (SSSR count). The number of nitro benzene ring substituents is 1. The molecule has 0 bridgehead atoms. The van der Waals surface area contributed by atoms with Crippen molar-refractivity contribution >= 4 is 39.2 Å². The summed E-state index contributed by atoms with van der Waals surface area (Å²) in [7, 11) is 0. The smallest absolute Gasteiger partial charge is 0.342 e. The van der Waals surface area contributed by atoms with Gasteiger partial charge in [0.15, 0.2) is 6.10 Å². The van der Waals surface area contributed by atoms with Gasteiger partial charge in [0.25, 0.3) is 11.6 Å². The van der Waals surface area contributed by atoms with Gasteiger partial charge in [0.2, 0.25) is 0 Å². The number of carbonyl (C=O) groups is 2. The first-order valence-electron chi connectivity index (χ1n) is 7.03. The average molecular weight is 409 g/mol. The van der Waals surface area contributed by atoms with Crippen molar-refractivity contribution in [2.24, 2.45) is 0 Å². The Bertz CT molecular complexity index is 839. The van der Waals surface area contributed by atoms with Gasteiger partial charge in [-0.1, -0.05) is 28.1 Å². The third-order valence-electron chi connectivity index (χ3n) is 3.19. The number of phenolic OH excluding ortho intramolecular Hbond substituents is 1. The molecule has 2 N–H and O–H groups in total. The maximum Gasteiger partial charge on any atom is 0.342 e. The predicted octanol–water partition coefficient (Wildman–Crippen LogP) is 3.25. The lowest BCUT2D eigenvalue weighted by Gasteiger charge is -2.14. The Morgan fingerprint density at radius 1 is 1.28 bits per heavy atom. The van der Waals surface area contributed by atoms with Gasteiger partial charge in [-0.25, -0.2) is 4.79 Å². The molecule has 0 aliphatic heterocycles. The summed E-state index contributed by atoms with van der Waals surface area (Å²) in [5.41, 5.74) is -0.399. The number of hydrogen-bond acceptors (Lipinski definition) is 6. The first kappa shape index (κ1) is 18.4. The number of carbonyl (C=O) groups excluding carboxylic acids is 2. The molecule has 0 fully saturated rings. The minimum Gasteiger partial charge on any atom is -0.507 e. The van der Waals surface area contributed by atoms with E-state index in [1.54, 1.807) is 0 Å². The number of amides is 1. The number of phenols is 1. The molecule has 25 heavy (non-hydrogen) atoms. The van der Waals surface area contributed by atoms with Gasteiger partial charge in [-0.2, -0.15) is 0 Å². The molecule has 1 atom stereocenters. The van der Waals surface area contributed by atoms with Gasteiger partial charge in [-0.3, -0.25) is 14.9 Å². The standard InChI is InChI=1S/C16H13BrN2O6/c1-9(25-16(22)11-8-10(17)6-7-14(11)20)15(21)18-12-4-2-3-5-13(12)19(23)24/h2-9,20H,1H3,(H,18,21)/t9-/m0/s1. The zero-order chi connectivity index (χ0) is 18.6. The predicted molar refractivity (Wildman–Crippen MR) is 92.4 cm³/mol. The van der Waals surface area contributed by atoms with E-state index < -0.39 is 22.9 Å². The Labute approximate surface area is 150 Å². The van der Waals surface area contributed by atoms with E-state index in [1.807, 2.05) is 0 Å². The fourth-order valence-electron chi connectivity index (χ4n) is 1.92. The molecule has 8 nitrogen and oxygen atoms in total. The molecule has 0 heterocycles. The minimum absolute atomic E-state index is 0.00861. The molecule has 0 saturated heterocycles. The number of ether oxygens (including phenoxy) is 1. The number of aromatic hydroxyl groups is 1. The summed E-state index contributed by atoms with van der Waals surface area (Å²) >= 11 is 3.16. The summed E-state index contributed by atoms with van der Waals surface area (Å²) in [5, 5.41) is 23.0. The minimum atomic E-state index is -1.23. The maximum atomic E-state index is 12.1. The largest absolute Gasteiger partial charge is 0.507 e. The Morgan fingerprint density at radius 2 is 1.96 bits per heavy atom. The van der Waals surface area contributed by atoms with Crippen LogP contribution in [0, 0.1) is 10.1 Å². The van der Waals surface area contributed by atoms with Crippen molar-refractivity contribution in [1.82, 2.24) is 0 Å². The number of nitrogens with zero attached hydrogens (tertiary/aromatic N) is 1. The normalized spacial score (nSPS) is 11.4. The van der Waals surface area contributed by atoms with Crippen LogP contribution < -0.4 is 5.32 Å². The van der Waals surface area contributed by atoms with Gasteiger partial charge in [-0.15, -0.1) is 0 Å². The van der Waals surface area contributed by atoms with E-state index in [0.717, 1.165) is 0 Å². The lowest BCUT2D eigenvalue weighted by molar-refractivity contribution is -0.383. The highest BCUT2D eigenvalue weighted by Crippen LogP contribution is 2.25. The summed E-state index contributed by atoms with van der Waals surface area (Å²) in [6.07, 6.45) is -1.23. The number of para-hydroxylation sites is 2. The molecule has 0 aromatic heterocycles. The van der Waals surface area contributed by atoms with Crippen LogP contribution in [0.4, 0.5) is 11.4 Å². The molecule has 0 unspecified atom stereocenters. The Hall–Kier alpha value is -2.94. The third kappa shape index (κ3) is 4.54. The zero-order valence-electron chi connectivity index (χ0n) is 12.9. The van der Waals surface area contributed by atoms with E-state index in [0.29, 0.717) is 4.47 Å². The molecule has 0 spiro atoms. The number of rotatable bonds is 5. The van der Waals surface area contributed by atoms with Crippen molar-refractivity contribution in [1.29, 1.82) is 0 Å². The summed E-state index contributed by atoms with van der Waals surface area (Å²) in [4.78, 5) is 34.5. The van der Waals surface area contributed by atoms with E-state index >= 15 is 0 Å². The second kappa shape index (κ2) is 7.75. The van der Waals surface area contributed by atoms with Crippen molar-refractivity contribution in [3.8, 4) is 5.75 Å². The SMILES string of the molecule is C[C@H](OC(=O)c1cc(Br)ccc1O)C(=O)Nc1ccccc1[N+](=O)[O-]. The highest BCUT2D eigenvalue weighted by atomic mass is 79.9. The van der Waals surface area contributed by atoms with Crippen LogP contribution in [0.3, 0.4) is 0 Å². The van der Waals surface area contributed by atoms with Crippen LogP contribution in [0.2, 0.25) is 0 Å². The number of halogens is 1. The molecule has 2 aromatic rings. The highest BCUT2D eigenvalue weighted by Gasteiger charge is 2.23. The fraction of sp³-hybridized carbons (Fsp3) is 0.125. The van der Waals surface area contributed by atoms with Crippen LogP contribution in [0.25, 0.3) is 0 Å². The average Bonchev–Trinajstić information content (AvgIpc) is 2.57. The second-order valence-electron chi connectivity index (χ2n) is 4.97. The lowest BCUT2D eigenvalue weighted by atomic mass is 10.2. The number of anilines is 1. The van der Waals surface area contributed by atoms with Crippen molar-refractivity contribution in [2.45, 2.75) is 13.0 Å². The molecular weight excluding hydrogens is 396 g/mol. The van der Waals surface area contributed by atoms with Crippen LogP contribution in [0.5, 0.6) is 5.75 Å². The number of benzene rings is 2. The van der Waals surface area contributed by atoms with Crippen LogP contribution >= 0.6 is 15.9 Å². The fourth-order valence-corrected chi connectivity index (χ4v) is 2.28. The topological polar surface area (TPSA) is 119 Å². The van der Waals surface area contributed by atoms with E-state index in [2.05, 4.69) is 21.2 Å². The van der Waals surface area contributed by atoms with Crippen molar-refractivity contribution in [3.63, 3.8) is 0 Å². The monoisotopic (exact) mass is 408 g/mol. The first-order valence-corrected chi connectivity index (χ1v) is 7.82. The van der Waals surface area contributed by atoms with Crippen LogP contribution in [-0.2, 0) is 9.53 Å². The number of nitrogens with one attached hydrogen (secondary N) is 1. The molecule has 0 saturated carbocycles. The second-order valence-corrected chi connectivity index (χ2v) is 5.89. The van der Waals surface area contributed by atoms with Crippen LogP contribution in [0.15, 0.2) is 46.9 Å².